The fourth-order valence-corrected chi connectivity index (χ4v) is 6.14. The Labute approximate surface area is 178 Å². The number of hydrogen-bond acceptors (Lipinski definition) is 6. The van der Waals surface area contributed by atoms with Crippen LogP contribution in [0.2, 0.25) is 5.02 Å². The summed E-state index contributed by atoms with van der Waals surface area (Å²) in [6, 6.07) is 8.15. The number of aromatic nitrogens is 2. The number of aliphatic hydroxyl groups excluding tert-OH is 1. The van der Waals surface area contributed by atoms with Gasteiger partial charge >= 0.3 is 0 Å². The van der Waals surface area contributed by atoms with Gasteiger partial charge in [-0.15, -0.1) is 0 Å². The molecule has 1 saturated heterocycles. The van der Waals surface area contributed by atoms with Gasteiger partial charge in [0.25, 0.3) is 0 Å². The number of fused-ring (bicyclic) bond motifs is 1. The van der Waals surface area contributed by atoms with Gasteiger partial charge in [0.1, 0.15) is 10.8 Å². The number of benzene rings is 1. The van der Waals surface area contributed by atoms with Gasteiger partial charge in [0.05, 0.1) is 29.1 Å². The molecule has 0 spiro atoms. The average Bonchev–Trinajstić information content (AvgIpc) is 3.05. The van der Waals surface area contributed by atoms with Crippen molar-refractivity contribution in [3.8, 4) is 0 Å². The molecule has 2 fully saturated rings. The predicted molar refractivity (Wildman–Crippen MR) is 115 cm³/mol. The Bertz CT molecular complexity index is 921. The fourth-order valence-electron chi connectivity index (χ4n) is 4.71. The van der Waals surface area contributed by atoms with Crippen LogP contribution in [0.3, 0.4) is 0 Å². The van der Waals surface area contributed by atoms with Gasteiger partial charge in [-0.2, -0.15) is 4.98 Å². The first-order valence-corrected chi connectivity index (χ1v) is 11.9. The third kappa shape index (κ3) is 3.33. The Morgan fingerprint density at radius 1 is 1.21 bits per heavy atom. The smallest absolute Gasteiger partial charge is 0.227 e. The molecule has 29 heavy (non-hydrogen) atoms. The summed E-state index contributed by atoms with van der Waals surface area (Å²) in [5, 5.41) is 10.7. The summed E-state index contributed by atoms with van der Waals surface area (Å²) in [5.74, 6) is 2.39. The first kappa shape index (κ1) is 19.3. The Balaban J connectivity index is 1.34. The van der Waals surface area contributed by atoms with E-state index in [2.05, 4.69) is 26.9 Å². The monoisotopic (exact) mass is 432 g/mol. The van der Waals surface area contributed by atoms with Crippen molar-refractivity contribution >= 4 is 34.2 Å². The standard InChI is InChI=1S/C21H25ClN4O2S/c22-17-4-2-15(3-5-17)16-6-10-25(11-7-16)20-23-12-18-19(24-20)26(14-29(18)28)21(13-27)8-1-9-21/h2-5,12,16,27H,1,6-11,13-14H2/t29-/m0/s1. The predicted octanol–water partition coefficient (Wildman–Crippen LogP) is 3.31. The van der Waals surface area contributed by atoms with E-state index in [-0.39, 0.29) is 12.1 Å². The van der Waals surface area contributed by atoms with Crippen molar-refractivity contribution in [2.75, 3.05) is 35.4 Å². The molecule has 0 amide bonds. The van der Waals surface area contributed by atoms with Crippen molar-refractivity contribution in [2.45, 2.75) is 48.5 Å². The zero-order chi connectivity index (χ0) is 20.0. The molecule has 3 heterocycles. The highest BCUT2D eigenvalue weighted by Gasteiger charge is 2.47. The van der Waals surface area contributed by atoms with E-state index in [1.807, 2.05) is 12.1 Å². The van der Waals surface area contributed by atoms with Gasteiger partial charge in [-0.05, 0) is 55.7 Å². The Hall–Kier alpha value is -1.70. The summed E-state index contributed by atoms with van der Waals surface area (Å²) in [6.45, 7) is 1.86. The molecule has 2 aliphatic heterocycles. The average molecular weight is 433 g/mol. The molecule has 154 valence electrons. The normalized spacial score (nSPS) is 23.7. The highest BCUT2D eigenvalue weighted by molar-refractivity contribution is 7.85. The van der Waals surface area contributed by atoms with Crippen LogP contribution in [0.25, 0.3) is 0 Å². The largest absolute Gasteiger partial charge is 0.394 e. The summed E-state index contributed by atoms with van der Waals surface area (Å²) < 4.78 is 12.6. The van der Waals surface area contributed by atoms with Gasteiger partial charge in [0.15, 0.2) is 5.82 Å². The summed E-state index contributed by atoms with van der Waals surface area (Å²) in [7, 11) is -1.13. The fraction of sp³-hybridized carbons (Fsp3) is 0.524. The molecular weight excluding hydrogens is 408 g/mol. The van der Waals surface area contributed by atoms with Crippen LogP contribution in [0.5, 0.6) is 0 Å². The van der Waals surface area contributed by atoms with Crippen LogP contribution in [0.15, 0.2) is 35.4 Å². The second kappa shape index (κ2) is 7.52. The highest BCUT2D eigenvalue weighted by Crippen LogP contribution is 2.44. The maximum Gasteiger partial charge on any atom is 0.227 e. The molecule has 0 unspecified atom stereocenters. The van der Waals surface area contributed by atoms with Crippen LogP contribution in [0.1, 0.15) is 43.6 Å². The van der Waals surface area contributed by atoms with Crippen molar-refractivity contribution in [2.24, 2.45) is 0 Å². The van der Waals surface area contributed by atoms with Gasteiger partial charge in [0, 0.05) is 18.1 Å². The molecule has 1 saturated carbocycles. The van der Waals surface area contributed by atoms with Crippen LogP contribution in [0, 0.1) is 0 Å². The minimum absolute atomic E-state index is 0.0788. The number of hydrogen-bond donors (Lipinski definition) is 1. The van der Waals surface area contributed by atoms with Crippen molar-refractivity contribution in [3.63, 3.8) is 0 Å². The van der Waals surface area contributed by atoms with E-state index in [4.69, 9.17) is 16.6 Å². The third-order valence-electron chi connectivity index (χ3n) is 6.74. The number of nitrogens with zero attached hydrogens (tertiary/aromatic N) is 4. The molecule has 1 N–H and O–H groups in total. The highest BCUT2D eigenvalue weighted by atomic mass is 35.5. The molecule has 2 aromatic rings. The maximum atomic E-state index is 12.6. The molecule has 6 nitrogen and oxygen atoms in total. The van der Waals surface area contributed by atoms with Crippen LogP contribution in [0.4, 0.5) is 11.8 Å². The SMILES string of the molecule is O=[S@]1CN(C2(CO)CCC2)c2nc(N3CCC(c4ccc(Cl)cc4)CC3)ncc21. The van der Waals surface area contributed by atoms with E-state index >= 15 is 0 Å². The lowest BCUT2D eigenvalue weighted by atomic mass is 9.76. The van der Waals surface area contributed by atoms with Crippen molar-refractivity contribution in [3.05, 3.63) is 41.0 Å². The molecule has 5 rings (SSSR count). The van der Waals surface area contributed by atoms with Crippen molar-refractivity contribution in [1.29, 1.82) is 0 Å². The number of halogens is 1. The van der Waals surface area contributed by atoms with E-state index in [0.717, 1.165) is 56.0 Å². The Morgan fingerprint density at radius 2 is 1.93 bits per heavy atom. The van der Waals surface area contributed by atoms with Crippen LogP contribution in [-0.4, -0.2) is 50.4 Å². The molecule has 1 aliphatic carbocycles. The first-order chi connectivity index (χ1) is 14.1. The van der Waals surface area contributed by atoms with E-state index < -0.39 is 10.8 Å². The van der Waals surface area contributed by atoms with E-state index in [1.165, 1.54) is 5.56 Å². The quantitative estimate of drug-likeness (QED) is 0.799. The zero-order valence-corrected chi connectivity index (χ0v) is 17.8. The molecule has 0 bridgehead atoms. The summed E-state index contributed by atoms with van der Waals surface area (Å²) in [6.07, 6.45) is 6.74. The minimum atomic E-state index is -1.13. The number of rotatable bonds is 4. The lowest BCUT2D eigenvalue weighted by molar-refractivity contribution is 0.119. The summed E-state index contributed by atoms with van der Waals surface area (Å²) in [5.41, 5.74) is 1.04. The second-order valence-electron chi connectivity index (χ2n) is 8.31. The van der Waals surface area contributed by atoms with Crippen LogP contribution < -0.4 is 9.80 Å². The lowest BCUT2D eigenvalue weighted by Crippen LogP contribution is -2.56. The molecule has 1 aromatic carbocycles. The van der Waals surface area contributed by atoms with Gasteiger partial charge in [0.2, 0.25) is 5.95 Å². The number of aliphatic hydroxyl groups is 1. The Kier molecular flexibility index (Phi) is 5.00. The third-order valence-corrected chi connectivity index (χ3v) is 8.26. The van der Waals surface area contributed by atoms with E-state index in [9.17, 15) is 9.32 Å². The minimum Gasteiger partial charge on any atom is -0.394 e. The second-order valence-corrected chi connectivity index (χ2v) is 10.1. The van der Waals surface area contributed by atoms with Crippen LogP contribution >= 0.6 is 11.6 Å². The maximum absolute atomic E-state index is 12.6. The van der Waals surface area contributed by atoms with Crippen LogP contribution in [-0.2, 0) is 10.8 Å². The van der Waals surface area contributed by atoms with Gasteiger partial charge in [-0.1, -0.05) is 23.7 Å². The van der Waals surface area contributed by atoms with E-state index in [1.54, 1.807) is 6.20 Å². The topological polar surface area (TPSA) is 69.6 Å². The molecular formula is C21H25ClN4O2S. The summed E-state index contributed by atoms with van der Waals surface area (Å²) in [4.78, 5) is 14.4. The van der Waals surface area contributed by atoms with Gasteiger partial charge in [-0.25, -0.2) is 4.98 Å². The first-order valence-electron chi connectivity index (χ1n) is 10.2. The summed E-state index contributed by atoms with van der Waals surface area (Å²) >= 11 is 6.01. The zero-order valence-electron chi connectivity index (χ0n) is 16.3. The van der Waals surface area contributed by atoms with Crippen molar-refractivity contribution < 1.29 is 9.32 Å². The molecule has 1 aromatic heterocycles. The molecule has 0 radical (unpaired) electrons. The lowest BCUT2D eigenvalue weighted by Gasteiger charge is -2.47. The Morgan fingerprint density at radius 3 is 2.55 bits per heavy atom. The molecule has 8 heteroatoms. The molecule has 3 aliphatic rings. The van der Waals surface area contributed by atoms with Crippen molar-refractivity contribution in [1.82, 2.24) is 9.97 Å². The van der Waals surface area contributed by atoms with E-state index in [0.29, 0.717) is 22.6 Å². The molecule has 1 atom stereocenters. The number of piperidine rings is 1. The number of anilines is 2. The van der Waals surface area contributed by atoms with Gasteiger partial charge < -0.3 is 14.9 Å². The van der Waals surface area contributed by atoms with Gasteiger partial charge in [-0.3, -0.25) is 4.21 Å².